The fourth-order valence-corrected chi connectivity index (χ4v) is 3.42. The summed E-state index contributed by atoms with van der Waals surface area (Å²) in [5.41, 5.74) is 1.83. The summed E-state index contributed by atoms with van der Waals surface area (Å²) in [6.45, 7) is 0.0364. The van der Waals surface area contributed by atoms with Gasteiger partial charge in [0.2, 0.25) is 0 Å². The van der Waals surface area contributed by atoms with Gasteiger partial charge in [0.25, 0.3) is 11.6 Å². The highest BCUT2D eigenvalue weighted by molar-refractivity contribution is 6.34. The number of anilines is 1. The molecule has 9 nitrogen and oxygen atoms in total. The summed E-state index contributed by atoms with van der Waals surface area (Å²) in [5, 5.41) is 17.6. The number of para-hydroxylation sites is 1. The first-order valence-electron chi connectivity index (χ1n) is 10.0. The maximum atomic E-state index is 12.7. The smallest absolute Gasteiger partial charge is 0.340 e. The van der Waals surface area contributed by atoms with Gasteiger partial charge in [-0.3, -0.25) is 14.9 Å². The van der Waals surface area contributed by atoms with Crippen LogP contribution >= 0.6 is 11.6 Å². The Morgan fingerprint density at radius 1 is 1.03 bits per heavy atom. The van der Waals surface area contributed by atoms with E-state index in [1.807, 2.05) is 36.5 Å². The molecule has 0 saturated heterocycles. The third-order valence-corrected chi connectivity index (χ3v) is 5.19. The second kappa shape index (κ2) is 9.97. The molecule has 1 amide bonds. The lowest BCUT2D eigenvalue weighted by molar-refractivity contribution is -0.384. The number of nitro groups is 1. The van der Waals surface area contributed by atoms with Crippen molar-refractivity contribution in [2.24, 2.45) is 0 Å². The lowest BCUT2D eigenvalue weighted by atomic mass is 10.1. The molecule has 170 valence electrons. The highest BCUT2D eigenvalue weighted by Gasteiger charge is 2.18. The summed E-state index contributed by atoms with van der Waals surface area (Å²) < 4.78 is 7.14. The predicted octanol–water partition coefficient (Wildman–Crippen LogP) is 5.04. The summed E-state index contributed by atoms with van der Waals surface area (Å²) in [6, 6.07) is 19.1. The quantitative estimate of drug-likeness (QED) is 0.227. The van der Waals surface area contributed by atoms with Crippen LogP contribution in [0.5, 0.6) is 0 Å². The molecule has 4 rings (SSSR count). The molecule has 34 heavy (non-hydrogen) atoms. The molecule has 0 aliphatic rings. The Bertz CT molecular complexity index is 1350. The molecular weight excluding hydrogens is 460 g/mol. The van der Waals surface area contributed by atoms with E-state index in [4.69, 9.17) is 16.3 Å². The molecule has 1 N–H and O–H groups in total. The predicted molar refractivity (Wildman–Crippen MR) is 125 cm³/mol. The van der Waals surface area contributed by atoms with Crippen LogP contribution in [0.15, 0.2) is 85.2 Å². The van der Waals surface area contributed by atoms with E-state index in [1.54, 1.807) is 29.1 Å². The number of halogens is 1. The number of non-ortho nitro benzene ring substituents is 1. The maximum Gasteiger partial charge on any atom is 0.340 e. The number of carbonyl (C=O) groups excluding carboxylic acids is 2. The van der Waals surface area contributed by atoms with Crippen molar-refractivity contribution in [2.75, 3.05) is 5.32 Å². The highest BCUT2D eigenvalue weighted by Crippen LogP contribution is 2.25. The normalized spacial score (nSPS) is 10.5. The largest absolute Gasteiger partial charge is 0.457 e. The zero-order chi connectivity index (χ0) is 24.1. The number of ether oxygens (including phenoxy) is 1. The first-order chi connectivity index (χ1) is 16.4. The number of nitrogens with zero attached hydrogens (tertiary/aromatic N) is 3. The summed E-state index contributed by atoms with van der Waals surface area (Å²) in [6.07, 6.45) is 3.51. The van der Waals surface area contributed by atoms with Gasteiger partial charge in [0.15, 0.2) is 0 Å². The van der Waals surface area contributed by atoms with Crippen molar-refractivity contribution >= 4 is 34.9 Å². The molecule has 0 saturated carbocycles. The summed E-state index contributed by atoms with van der Waals surface area (Å²) >= 11 is 6.04. The molecule has 1 heterocycles. The number of hydrogen-bond acceptors (Lipinski definition) is 6. The number of rotatable bonds is 7. The summed E-state index contributed by atoms with van der Waals surface area (Å²) in [5.74, 6) is -1.24. The van der Waals surface area contributed by atoms with Gasteiger partial charge in [0.1, 0.15) is 6.61 Å². The summed E-state index contributed by atoms with van der Waals surface area (Å²) in [7, 11) is 0. The van der Waals surface area contributed by atoms with E-state index in [2.05, 4.69) is 10.4 Å². The second-order valence-electron chi connectivity index (χ2n) is 7.11. The van der Waals surface area contributed by atoms with Crippen LogP contribution in [-0.4, -0.2) is 26.6 Å². The average Bonchev–Trinajstić information content (AvgIpc) is 3.38. The van der Waals surface area contributed by atoms with Crippen LogP contribution in [0.2, 0.25) is 5.02 Å². The van der Waals surface area contributed by atoms with Crippen molar-refractivity contribution in [3.63, 3.8) is 0 Å². The number of aromatic nitrogens is 2. The van der Waals surface area contributed by atoms with Crippen molar-refractivity contribution in [2.45, 2.75) is 6.61 Å². The number of nitro benzene ring substituents is 1. The fraction of sp³-hybridized carbons (Fsp3) is 0.0417. The molecule has 0 fully saturated rings. The van der Waals surface area contributed by atoms with Gasteiger partial charge < -0.3 is 10.1 Å². The molecule has 1 aromatic heterocycles. The van der Waals surface area contributed by atoms with Crippen LogP contribution in [0, 0.1) is 10.1 Å². The molecule has 3 aromatic carbocycles. The van der Waals surface area contributed by atoms with Gasteiger partial charge in [-0.25, -0.2) is 9.48 Å². The number of esters is 1. The van der Waals surface area contributed by atoms with Crippen LogP contribution in [-0.2, 0) is 11.3 Å². The highest BCUT2D eigenvalue weighted by atomic mass is 35.5. The molecule has 0 aliphatic heterocycles. The first kappa shape index (κ1) is 22.7. The average molecular weight is 477 g/mol. The molecule has 0 atom stereocenters. The van der Waals surface area contributed by atoms with Gasteiger partial charge in [0, 0.05) is 24.5 Å². The van der Waals surface area contributed by atoms with Crippen LogP contribution in [0.4, 0.5) is 11.4 Å². The van der Waals surface area contributed by atoms with Gasteiger partial charge in [-0.2, -0.15) is 5.10 Å². The molecule has 0 bridgehead atoms. The molecule has 0 unspecified atom stereocenters. The van der Waals surface area contributed by atoms with Crippen molar-refractivity contribution in [1.29, 1.82) is 0 Å². The van der Waals surface area contributed by atoms with Crippen molar-refractivity contribution in [3.8, 4) is 5.69 Å². The lowest BCUT2D eigenvalue weighted by Crippen LogP contribution is -2.16. The zero-order valence-electron chi connectivity index (χ0n) is 17.6. The Kier molecular flexibility index (Phi) is 6.65. The zero-order valence-corrected chi connectivity index (χ0v) is 18.3. The lowest BCUT2D eigenvalue weighted by Gasteiger charge is -2.12. The van der Waals surface area contributed by atoms with Crippen LogP contribution in [0.3, 0.4) is 0 Å². The van der Waals surface area contributed by atoms with Crippen LogP contribution < -0.4 is 5.32 Å². The van der Waals surface area contributed by atoms with E-state index in [9.17, 15) is 19.7 Å². The molecule has 0 aliphatic carbocycles. The monoisotopic (exact) mass is 476 g/mol. The van der Waals surface area contributed by atoms with Crippen molar-refractivity contribution < 1.29 is 19.2 Å². The van der Waals surface area contributed by atoms with E-state index in [0.29, 0.717) is 0 Å². The number of benzene rings is 3. The minimum Gasteiger partial charge on any atom is -0.457 e. The fourth-order valence-electron chi connectivity index (χ4n) is 3.15. The van der Waals surface area contributed by atoms with Gasteiger partial charge in [-0.1, -0.05) is 35.9 Å². The molecule has 0 spiro atoms. The Balaban J connectivity index is 1.44. The van der Waals surface area contributed by atoms with Crippen molar-refractivity contribution in [1.82, 2.24) is 9.78 Å². The van der Waals surface area contributed by atoms with Crippen LogP contribution in [0.25, 0.3) is 5.69 Å². The minimum absolute atomic E-state index is 0.0349. The third-order valence-electron chi connectivity index (χ3n) is 4.88. The second-order valence-corrected chi connectivity index (χ2v) is 7.52. The first-order valence-corrected chi connectivity index (χ1v) is 10.4. The van der Waals surface area contributed by atoms with E-state index < -0.39 is 16.8 Å². The maximum absolute atomic E-state index is 12.7. The van der Waals surface area contributed by atoms with E-state index >= 15 is 0 Å². The standard InChI is InChI=1S/C24H17ClN4O5/c25-21-14-18(29(32)33)10-11-19(21)23(30)27-22-5-2-1-4-20(22)24(31)34-15-16-6-8-17(9-7-16)28-13-3-12-26-28/h1-14H,15H2,(H,27,30). The number of hydrogen-bond donors (Lipinski definition) is 1. The van der Waals surface area contributed by atoms with Crippen molar-refractivity contribution in [3.05, 3.63) is 117 Å². The number of amides is 1. The van der Waals surface area contributed by atoms with Crippen LogP contribution in [0.1, 0.15) is 26.3 Å². The van der Waals surface area contributed by atoms with E-state index in [1.165, 1.54) is 18.2 Å². The van der Waals surface area contributed by atoms with Gasteiger partial charge in [0.05, 0.1) is 32.4 Å². The van der Waals surface area contributed by atoms with Gasteiger partial charge >= 0.3 is 5.97 Å². The Morgan fingerprint density at radius 2 is 1.79 bits per heavy atom. The Labute approximate surface area is 198 Å². The third kappa shape index (κ3) is 5.11. The van der Waals surface area contributed by atoms with Gasteiger partial charge in [-0.15, -0.1) is 0 Å². The van der Waals surface area contributed by atoms with E-state index in [-0.39, 0.29) is 34.1 Å². The topological polar surface area (TPSA) is 116 Å². The molecule has 0 radical (unpaired) electrons. The molecular formula is C24H17ClN4O5. The molecule has 10 heteroatoms. The molecule has 4 aromatic rings. The van der Waals surface area contributed by atoms with E-state index in [0.717, 1.165) is 17.3 Å². The Hall–Kier alpha value is -4.50. The Morgan fingerprint density at radius 3 is 2.47 bits per heavy atom. The van der Waals surface area contributed by atoms with Gasteiger partial charge in [-0.05, 0) is 42.0 Å². The number of nitrogens with one attached hydrogen (secondary N) is 1. The SMILES string of the molecule is O=C(Nc1ccccc1C(=O)OCc1ccc(-n2cccn2)cc1)c1ccc([N+](=O)[O-])cc1Cl. The minimum atomic E-state index is -0.623. The summed E-state index contributed by atoms with van der Waals surface area (Å²) in [4.78, 5) is 35.6. The number of carbonyl (C=O) groups is 2.